The van der Waals surface area contributed by atoms with E-state index in [4.69, 9.17) is 11.6 Å². The molecule has 0 saturated carbocycles. The average Bonchev–Trinajstić information content (AvgIpc) is 2.18. The predicted molar refractivity (Wildman–Crippen MR) is 66.1 cm³/mol. The summed E-state index contributed by atoms with van der Waals surface area (Å²) >= 11 is 9.30. The van der Waals surface area contributed by atoms with Gasteiger partial charge in [0.2, 0.25) is 0 Å². The predicted octanol–water partition coefficient (Wildman–Crippen LogP) is 2.03. The number of hydrogen-bond acceptors (Lipinski definition) is 3. The molecule has 0 aliphatic heterocycles. The van der Waals surface area contributed by atoms with E-state index in [1.54, 1.807) is 0 Å². The molecule has 0 amide bonds. The summed E-state index contributed by atoms with van der Waals surface area (Å²) in [6.45, 7) is 2.86. The van der Waals surface area contributed by atoms with Crippen LogP contribution in [0.3, 0.4) is 0 Å². The van der Waals surface area contributed by atoms with Crippen LogP contribution < -0.4 is 10.5 Å². The molecule has 0 fully saturated rings. The number of nitrogens with one attached hydrogen (secondary N) is 1. The molecule has 0 bridgehead atoms. The monoisotopic (exact) mass is 293 g/mol. The first-order valence-electron chi connectivity index (χ1n) is 4.60. The molecular weight excluding hydrogens is 281 g/mol. The molecular formula is C9H13BrClN3O. The minimum Gasteiger partial charge on any atom is -0.358 e. The minimum atomic E-state index is -0.305. The van der Waals surface area contributed by atoms with Crippen LogP contribution in [0.1, 0.15) is 13.3 Å². The highest BCUT2D eigenvalue weighted by Crippen LogP contribution is 2.17. The molecule has 15 heavy (non-hydrogen) atoms. The molecule has 6 heteroatoms. The van der Waals surface area contributed by atoms with Crippen molar-refractivity contribution in [3.05, 3.63) is 21.7 Å². The maximum absolute atomic E-state index is 11.2. The molecule has 0 saturated heterocycles. The number of H-pyrrole nitrogens is 1. The van der Waals surface area contributed by atoms with Crippen LogP contribution in [-0.4, -0.2) is 28.4 Å². The van der Waals surface area contributed by atoms with Crippen LogP contribution in [0.25, 0.3) is 0 Å². The standard InChI is InChI=1S/C9H13BrClN3O/c1-6(10)3-4-14(2)8-7(11)9(15)13-5-12-8/h5-6H,3-4H2,1-2H3,(H,12,13,15). The summed E-state index contributed by atoms with van der Waals surface area (Å²) in [7, 11) is 1.86. The maximum Gasteiger partial charge on any atom is 0.271 e. The van der Waals surface area contributed by atoms with Gasteiger partial charge in [-0.25, -0.2) is 4.98 Å². The van der Waals surface area contributed by atoms with E-state index >= 15 is 0 Å². The van der Waals surface area contributed by atoms with Crippen LogP contribution in [0.2, 0.25) is 5.02 Å². The minimum absolute atomic E-state index is 0.141. The molecule has 0 aliphatic carbocycles. The van der Waals surface area contributed by atoms with Gasteiger partial charge in [-0.15, -0.1) is 0 Å². The van der Waals surface area contributed by atoms with E-state index in [-0.39, 0.29) is 10.6 Å². The lowest BCUT2D eigenvalue weighted by atomic mass is 10.3. The molecule has 1 atom stereocenters. The number of anilines is 1. The highest BCUT2D eigenvalue weighted by Gasteiger charge is 2.10. The third-order valence-corrected chi connectivity index (χ3v) is 2.80. The summed E-state index contributed by atoms with van der Waals surface area (Å²) in [6, 6.07) is 0. The molecule has 1 unspecified atom stereocenters. The van der Waals surface area contributed by atoms with E-state index in [0.29, 0.717) is 10.6 Å². The molecule has 0 aromatic carbocycles. The fraction of sp³-hybridized carbons (Fsp3) is 0.556. The first-order chi connectivity index (χ1) is 7.02. The molecule has 1 aromatic rings. The van der Waals surface area contributed by atoms with Crippen molar-refractivity contribution in [3.63, 3.8) is 0 Å². The Hall–Kier alpha value is -0.550. The summed E-state index contributed by atoms with van der Waals surface area (Å²) in [4.78, 5) is 20.0. The van der Waals surface area contributed by atoms with Gasteiger partial charge in [0.15, 0.2) is 5.82 Å². The van der Waals surface area contributed by atoms with Gasteiger partial charge in [-0.05, 0) is 6.42 Å². The number of hydrogen-bond donors (Lipinski definition) is 1. The Balaban J connectivity index is 2.78. The van der Waals surface area contributed by atoms with E-state index in [1.807, 2.05) is 11.9 Å². The molecule has 1 aromatic heterocycles. The zero-order chi connectivity index (χ0) is 11.4. The Kier molecular flexibility index (Phi) is 4.60. The van der Waals surface area contributed by atoms with Crippen LogP contribution >= 0.6 is 27.5 Å². The largest absolute Gasteiger partial charge is 0.358 e. The van der Waals surface area contributed by atoms with Gasteiger partial charge in [-0.1, -0.05) is 34.5 Å². The maximum atomic E-state index is 11.2. The topological polar surface area (TPSA) is 49.0 Å². The second-order valence-electron chi connectivity index (χ2n) is 3.36. The number of nitrogens with zero attached hydrogens (tertiary/aromatic N) is 2. The normalized spacial score (nSPS) is 12.5. The van der Waals surface area contributed by atoms with Gasteiger partial charge in [0, 0.05) is 18.4 Å². The van der Waals surface area contributed by atoms with Crippen LogP contribution in [0, 0.1) is 0 Å². The molecule has 1 N–H and O–H groups in total. The van der Waals surface area contributed by atoms with Crippen molar-refractivity contribution in [2.75, 3.05) is 18.5 Å². The highest BCUT2D eigenvalue weighted by molar-refractivity contribution is 9.09. The van der Waals surface area contributed by atoms with E-state index in [9.17, 15) is 4.79 Å². The van der Waals surface area contributed by atoms with Gasteiger partial charge in [0.05, 0.1) is 6.33 Å². The number of aromatic amines is 1. The highest BCUT2D eigenvalue weighted by atomic mass is 79.9. The molecule has 1 rings (SSSR count). The molecule has 4 nitrogen and oxygen atoms in total. The summed E-state index contributed by atoms with van der Waals surface area (Å²) < 4.78 is 0. The van der Waals surface area contributed by atoms with Gasteiger partial charge in [0.1, 0.15) is 5.02 Å². The Labute approximate surface area is 102 Å². The van der Waals surface area contributed by atoms with Crippen molar-refractivity contribution >= 4 is 33.3 Å². The lowest BCUT2D eigenvalue weighted by Gasteiger charge is -2.19. The first-order valence-corrected chi connectivity index (χ1v) is 5.90. The summed E-state index contributed by atoms with van der Waals surface area (Å²) in [5.74, 6) is 0.522. The molecule has 84 valence electrons. The summed E-state index contributed by atoms with van der Waals surface area (Å²) in [5, 5.41) is 0.141. The van der Waals surface area contributed by atoms with E-state index in [1.165, 1.54) is 6.33 Å². The second-order valence-corrected chi connectivity index (χ2v) is 5.30. The van der Waals surface area contributed by atoms with Gasteiger partial charge in [0.25, 0.3) is 5.56 Å². The van der Waals surface area contributed by atoms with Crippen LogP contribution in [0.4, 0.5) is 5.82 Å². The fourth-order valence-corrected chi connectivity index (χ4v) is 1.57. The van der Waals surface area contributed by atoms with E-state index < -0.39 is 0 Å². The third kappa shape index (κ3) is 3.50. The SMILES string of the molecule is CC(Br)CCN(C)c1nc[nH]c(=O)c1Cl. The zero-order valence-electron chi connectivity index (χ0n) is 8.63. The molecule has 0 spiro atoms. The number of aromatic nitrogens is 2. The van der Waals surface area contributed by atoms with E-state index in [2.05, 4.69) is 32.8 Å². The Bertz CT molecular complexity index is 380. The van der Waals surface area contributed by atoms with Gasteiger partial charge < -0.3 is 9.88 Å². The lowest BCUT2D eigenvalue weighted by molar-refractivity contribution is 0.776. The van der Waals surface area contributed by atoms with Crippen molar-refractivity contribution in [1.29, 1.82) is 0 Å². The van der Waals surface area contributed by atoms with Crippen molar-refractivity contribution in [3.8, 4) is 0 Å². The summed E-state index contributed by atoms with van der Waals surface area (Å²) in [5.41, 5.74) is -0.305. The van der Waals surface area contributed by atoms with Crippen LogP contribution in [0.15, 0.2) is 11.1 Å². The van der Waals surface area contributed by atoms with Crippen molar-refractivity contribution in [1.82, 2.24) is 9.97 Å². The van der Waals surface area contributed by atoms with Crippen LogP contribution in [0.5, 0.6) is 0 Å². The zero-order valence-corrected chi connectivity index (χ0v) is 11.0. The second kappa shape index (κ2) is 5.51. The third-order valence-electron chi connectivity index (χ3n) is 2.00. The molecule has 0 aliphatic rings. The van der Waals surface area contributed by atoms with Crippen molar-refractivity contribution in [2.45, 2.75) is 18.2 Å². The van der Waals surface area contributed by atoms with E-state index in [0.717, 1.165) is 13.0 Å². The molecule has 0 radical (unpaired) electrons. The lowest BCUT2D eigenvalue weighted by Crippen LogP contribution is -2.24. The van der Waals surface area contributed by atoms with Crippen molar-refractivity contribution < 1.29 is 0 Å². The number of rotatable bonds is 4. The number of alkyl halides is 1. The average molecular weight is 295 g/mol. The fourth-order valence-electron chi connectivity index (χ4n) is 1.12. The Morgan fingerprint density at radius 1 is 1.73 bits per heavy atom. The molecule has 1 heterocycles. The van der Waals surface area contributed by atoms with Crippen molar-refractivity contribution in [2.24, 2.45) is 0 Å². The van der Waals surface area contributed by atoms with Crippen LogP contribution in [-0.2, 0) is 0 Å². The first kappa shape index (κ1) is 12.5. The van der Waals surface area contributed by atoms with Gasteiger partial charge in [-0.3, -0.25) is 4.79 Å². The Morgan fingerprint density at radius 2 is 2.40 bits per heavy atom. The van der Waals surface area contributed by atoms with Gasteiger partial charge in [-0.2, -0.15) is 0 Å². The number of halogens is 2. The van der Waals surface area contributed by atoms with Gasteiger partial charge >= 0.3 is 0 Å². The quantitative estimate of drug-likeness (QED) is 0.865. The Morgan fingerprint density at radius 3 is 3.00 bits per heavy atom. The summed E-state index contributed by atoms with van der Waals surface area (Å²) in [6.07, 6.45) is 2.32. The smallest absolute Gasteiger partial charge is 0.271 e.